The van der Waals surface area contributed by atoms with Crippen LogP contribution in [0.25, 0.3) is 10.8 Å². The van der Waals surface area contributed by atoms with Gasteiger partial charge in [0.2, 0.25) is 0 Å². The standard InChI is InChI=1S/C11H10Te/c1-12-11-7-6-9-4-2-3-5-10(9)8-11/h2-8H,1H3. The van der Waals surface area contributed by atoms with Crippen molar-refractivity contribution in [2.24, 2.45) is 0 Å². The second kappa shape index (κ2) is 3.47. The van der Waals surface area contributed by atoms with E-state index in [0.717, 1.165) is 0 Å². The maximum absolute atomic E-state index is 2.32. The molecule has 60 valence electrons. The Bertz CT molecular complexity index is 393. The molecule has 0 aromatic heterocycles. The Morgan fingerprint density at radius 2 is 1.67 bits per heavy atom. The van der Waals surface area contributed by atoms with Gasteiger partial charge in [-0.15, -0.1) is 0 Å². The maximum atomic E-state index is 2.32. The molecule has 0 N–H and O–H groups in total. The summed E-state index contributed by atoms with van der Waals surface area (Å²) in [7, 11) is 0. The molecule has 0 atom stereocenters. The Morgan fingerprint density at radius 1 is 0.917 bits per heavy atom. The monoisotopic (exact) mass is 272 g/mol. The SMILES string of the molecule is C[Te]c1ccc2ccccc2c1. The molecule has 0 bridgehead atoms. The molecule has 0 amide bonds. The van der Waals surface area contributed by atoms with Crippen molar-refractivity contribution in [1.29, 1.82) is 0 Å². The number of benzene rings is 2. The molecule has 1 heteroatoms. The predicted octanol–water partition coefficient (Wildman–Crippen LogP) is 2.22. The third-order valence-electron chi connectivity index (χ3n) is 1.96. The van der Waals surface area contributed by atoms with E-state index >= 15 is 0 Å². The summed E-state index contributed by atoms with van der Waals surface area (Å²) in [5, 5.41) is 2.73. The first-order chi connectivity index (χ1) is 5.90. The molecule has 0 fully saturated rings. The van der Waals surface area contributed by atoms with Gasteiger partial charge < -0.3 is 0 Å². The van der Waals surface area contributed by atoms with Crippen LogP contribution >= 0.6 is 0 Å². The van der Waals surface area contributed by atoms with Crippen LogP contribution in [0.4, 0.5) is 0 Å². The summed E-state index contributed by atoms with van der Waals surface area (Å²) in [6.07, 6.45) is 0. The predicted molar refractivity (Wildman–Crippen MR) is 55.2 cm³/mol. The topological polar surface area (TPSA) is 0 Å². The van der Waals surface area contributed by atoms with Gasteiger partial charge in [0.25, 0.3) is 0 Å². The first-order valence-electron chi connectivity index (χ1n) is 3.93. The van der Waals surface area contributed by atoms with Crippen molar-refractivity contribution in [3.05, 3.63) is 42.5 Å². The third kappa shape index (κ3) is 1.48. The number of rotatable bonds is 1. The fourth-order valence-corrected chi connectivity index (χ4v) is 2.58. The average Bonchev–Trinajstić information content (AvgIpc) is 2.17. The molecule has 2 rings (SSSR count). The van der Waals surface area contributed by atoms with Crippen LogP contribution in [0.5, 0.6) is 0 Å². The van der Waals surface area contributed by atoms with E-state index in [4.69, 9.17) is 0 Å². The van der Waals surface area contributed by atoms with Gasteiger partial charge in [-0.05, 0) is 0 Å². The van der Waals surface area contributed by atoms with E-state index in [1.807, 2.05) is 0 Å². The molecule has 0 aliphatic heterocycles. The fourth-order valence-electron chi connectivity index (χ4n) is 1.29. The molecular weight excluding hydrogens is 260 g/mol. The molecule has 2 aromatic rings. The van der Waals surface area contributed by atoms with Crippen LogP contribution in [0.15, 0.2) is 42.5 Å². The minimum atomic E-state index is 0.0743. The van der Waals surface area contributed by atoms with Crippen molar-refractivity contribution in [3.8, 4) is 0 Å². The fraction of sp³-hybridized carbons (Fsp3) is 0.0909. The second-order valence-electron chi connectivity index (χ2n) is 2.71. The molecule has 0 aliphatic carbocycles. The van der Waals surface area contributed by atoms with Crippen LogP contribution in [0.1, 0.15) is 0 Å². The third-order valence-corrected chi connectivity index (χ3v) is 4.03. The van der Waals surface area contributed by atoms with Gasteiger partial charge >= 0.3 is 82.7 Å². The summed E-state index contributed by atoms with van der Waals surface area (Å²) in [5.74, 6) is 0. The van der Waals surface area contributed by atoms with E-state index in [9.17, 15) is 0 Å². The zero-order valence-electron chi connectivity index (χ0n) is 6.95. The van der Waals surface area contributed by atoms with Gasteiger partial charge in [0, 0.05) is 0 Å². The van der Waals surface area contributed by atoms with E-state index in [-0.39, 0.29) is 20.9 Å². The normalized spacial score (nSPS) is 10.4. The van der Waals surface area contributed by atoms with Crippen molar-refractivity contribution in [2.45, 2.75) is 4.97 Å². The first kappa shape index (κ1) is 8.10. The quantitative estimate of drug-likeness (QED) is 0.697. The summed E-state index contributed by atoms with van der Waals surface area (Å²) in [6.45, 7) is 0. The summed E-state index contributed by atoms with van der Waals surface area (Å²) in [5.41, 5.74) is 0. The van der Waals surface area contributed by atoms with E-state index in [1.165, 1.54) is 10.8 Å². The Hall–Kier alpha value is -0.510. The van der Waals surface area contributed by atoms with Gasteiger partial charge in [0.1, 0.15) is 0 Å². The van der Waals surface area contributed by atoms with Crippen LogP contribution < -0.4 is 3.61 Å². The molecule has 2 aromatic carbocycles. The minimum absolute atomic E-state index is 0.0743. The summed E-state index contributed by atoms with van der Waals surface area (Å²) in [4.78, 5) is 2.31. The van der Waals surface area contributed by atoms with Gasteiger partial charge in [0.05, 0.1) is 0 Å². The van der Waals surface area contributed by atoms with Gasteiger partial charge in [-0.25, -0.2) is 0 Å². The Kier molecular flexibility index (Phi) is 2.35. The summed E-state index contributed by atoms with van der Waals surface area (Å²) in [6, 6.07) is 15.3. The van der Waals surface area contributed by atoms with Crippen LogP contribution in [-0.2, 0) is 0 Å². The van der Waals surface area contributed by atoms with Crippen molar-refractivity contribution >= 4 is 35.3 Å². The van der Waals surface area contributed by atoms with Crippen molar-refractivity contribution in [3.63, 3.8) is 0 Å². The Morgan fingerprint density at radius 3 is 2.42 bits per heavy atom. The van der Waals surface area contributed by atoms with Crippen molar-refractivity contribution in [2.75, 3.05) is 0 Å². The molecule has 0 nitrogen and oxygen atoms in total. The van der Waals surface area contributed by atoms with Gasteiger partial charge in [-0.3, -0.25) is 0 Å². The van der Waals surface area contributed by atoms with E-state index in [0.29, 0.717) is 0 Å². The molecule has 0 saturated carbocycles. The zero-order chi connectivity index (χ0) is 8.39. The molecule has 0 spiro atoms. The summed E-state index contributed by atoms with van der Waals surface area (Å²) >= 11 is 0.0743. The molecule has 12 heavy (non-hydrogen) atoms. The van der Waals surface area contributed by atoms with Crippen molar-refractivity contribution in [1.82, 2.24) is 0 Å². The average molecular weight is 270 g/mol. The second-order valence-corrected chi connectivity index (χ2v) is 5.22. The number of hydrogen-bond donors (Lipinski definition) is 0. The van der Waals surface area contributed by atoms with Crippen LogP contribution in [-0.4, -0.2) is 20.9 Å². The van der Waals surface area contributed by atoms with E-state index in [1.54, 1.807) is 3.61 Å². The first-order valence-corrected chi connectivity index (χ1v) is 7.42. The molecule has 0 radical (unpaired) electrons. The molecule has 0 aliphatic rings. The van der Waals surface area contributed by atoms with Crippen molar-refractivity contribution < 1.29 is 0 Å². The van der Waals surface area contributed by atoms with Crippen LogP contribution in [0.3, 0.4) is 0 Å². The molecular formula is C11H10Te. The van der Waals surface area contributed by atoms with Crippen LogP contribution in [0, 0.1) is 0 Å². The Balaban J connectivity index is 2.67. The van der Waals surface area contributed by atoms with E-state index < -0.39 is 0 Å². The van der Waals surface area contributed by atoms with Crippen LogP contribution in [0.2, 0.25) is 4.97 Å². The van der Waals surface area contributed by atoms with Gasteiger partial charge in [0.15, 0.2) is 0 Å². The van der Waals surface area contributed by atoms with Gasteiger partial charge in [-0.2, -0.15) is 0 Å². The zero-order valence-corrected chi connectivity index (χ0v) is 9.28. The van der Waals surface area contributed by atoms with E-state index in [2.05, 4.69) is 47.4 Å². The number of hydrogen-bond acceptors (Lipinski definition) is 0. The molecule has 0 heterocycles. The molecule has 0 unspecified atom stereocenters. The summed E-state index contributed by atoms with van der Waals surface area (Å²) < 4.78 is 1.54. The Labute approximate surface area is 82.7 Å². The number of fused-ring (bicyclic) bond motifs is 1. The van der Waals surface area contributed by atoms with Gasteiger partial charge in [-0.1, -0.05) is 0 Å². The molecule has 0 saturated heterocycles.